The minimum atomic E-state index is -1.08. The van der Waals surface area contributed by atoms with Crippen LogP contribution in [0.2, 0.25) is 0 Å². The number of aliphatic carboxylic acids is 1. The molecular formula is C14H18N2O4. The molecule has 20 heavy (non-hydrogen) atoms. The average Bonchev–Trinajstić information content (AvgIpc) is 2.41. The first-order valence-corrected chi connectivity index (χ1v) is 6.25. The lowest BCUT2D eigenvalue weighted by Crippen LogP contribution is -2.28. The second-order valence-corrected chi connectivity index (χ2v) is 4.31. The van der Waals surface area contributed by atoms with Gasteiger partial charge in [-0.15, -0.1) is 0 Å². The van der Waals surface area contributed by atoms with Gasteiger partial charge >= 0.3 is 5.97 Å². The highest BCUT2D eigenvalue weighted by atomic mass is 16.5. The van der Waals surface area contributed by atoms with Crippen LogP contribution in [0.15, 0.2) is 24.5 Å². The molecule has 108 valence electrons. The molecule has 1 amide bonds. The lowest BCUT2D eigenvalue weighted by molar-refractivity contribution is -0.131. The molecule has 0 saturated carbocycles. The predicted octanol–water partition coefficient (Wildman–Crippen LogP) is 1.33. The Labute approximate surface area is 117 Å². The van der Waals surface area contributed by atoms with Crippen LogP contribution in [0.1, 0.15) is 29.8 Å². The number of pyridine rings is 1. The zero-order valence-corrected chi connectivity index (χ0v) is 11.5. The maximum atomic E-state index is 12.0. The van der Waals surface area contributed by atoms with Gasteiger partial charge in [0.1, 0.15) is 0 Å². The Kier molecular flexibility index (Phi) is 6.39. The molecule has 0 unspecified atom stereocenters. The van der Waals surface area contributed by atoms with Crippen molar-refractivity contribution in [3.63, 3.8) is 0 Å². The predicted molar refractivity (Wildman–Crippen MR) is 74.3 cm³/mol. The highest BCUT2D eigenvalue weighted by molar-refractivity contribution is 5.98. The standard InChI is InChI=1S/C14H18N2O4/c1-10(2)20-8-7-16-14(19)12-5-6-15-9-11(12)3-4-13(17)18/h3-6,9-10H,7-8H2,1-2H3,(H,16,19)(H,17,18)/b4-3+. The molecule has 0 aromatic carbocycles. The highest BCUT2D eigenvalue weighted by Gasteiger charge is 2.09. The van der Waals surface area contributed by atoms with E-state index in [4.69, 9.17) is 9.84 Å². The van der Waals surface area contributed by atoms with E-state index in [9.17, 15) is 9.59 Å². The van der Waals surface area contributed by atoms with Crippen molar-refractivity contribution in [2.24, 2.45) is 0 Å². The molecule has 0 spiro atoms. The Morgan fingerprint density at radius 3 is 2.90 bits per heavy atom. The summed E-state index contributed by atoms with van der Waals surface area (Å²) < 4.78 is 5.32. The first-order valence-electron chi connectivity index (χ1n) is 6.25. The molecule has 0 aliphatic heterocycles. The third-order valence-electron chi connectivity index (χ3n) is 2.34. The van der Waals surface area contributed by atoms with Gasteiger partial charge in [-0.2, -0.15) is 0 Å². The summed E-state index contributed by atoms with van der Waals surface area (Å²) in [7, 11) is 0. The largest absolute Gasteiger partial charge is 0.478 e. The van der Waals surface area contributed by atoms with Crippen LogP contribution in [0.4, 0.5) is 0 Å². The molecule has 0 saturated heterocycles. The fourth-order valence-corrected chi connectivity index (χ4v) is 1.46. The van der Waals surface area contributed by atoms with Crippen LogP contribution in [0.5, 0.6) is 0 Å². The number of hydrogen-bond acceptors (Lipinski definition) is 4. The van der Waals surface area contributed by atoms with Gasteiger partial charge in [-0.3, -0.25) is 9.78 Å². The molecule has 2 N–H and O–H groups in total. The van der Waals surface area contributed by atoms with Crippen molar-refractivity contribution in [3.8, 4) is 0 Å². The Morgan fingerprint density at radius 2 is 2.25 bits per heavy atom. The Hall–Kier alpha value is -2.21. The summed E-state index contributed by atoms with van der Waals surface area (Å²) in [6, 6.07) is 1.54. The van der Waals surface area contributed by atoms with Gasteiger partial charge in [-0.05, 0) is 26.0 Å². The third-order valence-corrected chi connectivity index (χ3v) is 2.34. The normalized spacial score (nSPS) is 10.9. The van der Waals surface area contributed by atoms with Gasteiger partial charge in [-0.25, -0.2) is 4.79 Å². The smallest absolute Gasteiger partial charge is 0.328 e. The molecule has 0 atom stereocenters. The van der Waals surface area contributed by atoms with Crippen molar-refractivity contribution >= 4 is 18.0 Å². The minimum Gasteiger partial charge on any atom is -0.478 e. The molecule has 0 bridgehead atoms. The second kappa shape index (κ2) is 8.06. The molecule has 6 heteroatoms. The van der Waals surface area contributed by atoms with E-state index in [0.29, 0.717) is 24.3 Å². The Bertz CT molecular complexity index is 498. The van der Waals surface area contributed by atoms with E-state index in [2.05, 4.69) is 10.3 Å². The van der Waals surface area contributed by atoms with E-state index in [1.807, 2.05) is 13.8 Å². The number of nitrogens with one attached hydrogen (secondary N) is 1. The van der Waals surface area contributed by atoms with Crippen molar-refractivity contribution in [3.05, 3.63) is 35.7 Å². The first-order chi connectivity index (χ1) is 9.50. The number of amides is 1. The number of hydrogen-bond donors (Lipinski definition) is 2. The van der Waals surface area contributed by atoms with Gasteiger partial charge < -0.3 is 15.2 Å². The van der Waals surface area contributed by atoms with E-state index in [1.54, 1.807) is 6.07 Å². The van der Waals surface area contributed by atoms with Gasteiger partial charge in [0.15, 0.2) is 0 Å². The molecule has 1 aromatic heterocycles. The number of ether oxygens (including phenoxy) is 1. The monoisotopic (exact) mass is 278 g/mol. The fraction of sp³-hybridized carbons (Fsp3) is 0.357. The van der Waals surface area contributed by atoms with E-state index >= 15 is 0 Å². The molecule has 0 aliphatic carbocycles. The van der Waals surface area contributed by atoms with Crippen LogP contribution in [-0.2, 0) is 9.53 Å². The van der Waals surface area contributed by atoms with Gasteiger partial charge in [0, 0.05) is 36.1 Å². The summed E-state index contributed by atoms with van der Waals surface area (Å²) in [5.74, 6) is -1.37. The summed E-state index contributed by atoms with van der Waals surface area (Å²) >= 11 is 0. The topological polar surface area (TPSA) is 88.5 Å². The van der Waals surface area contributed by atoms with Crippen molar-refractivity contribution in [2.45, 2.75) is 20.0 Å². The summed E-state index contributed by atoms with van der Waals surface area (Å²) in [5, 5.41) is 11.3. The van der Waals surface area contributed by atoms with E-state index < -0.39 is 5.97 Å². The zero-order valence-electron chi connectivity index (χ0n) is 11.5. The van der Waals surface area contributed by atoms with Crippen molar-refractivity contribution in [1.82, 2.24) is 10.3 Å². The molecule has 1 rings (SSSR count). The number of carbonyl (C=O) groups excluding carboxylic acids is 1. The maximum Gasteiger partial charge on any atom is 0.328 e. The van der Waals surface area contributed by atoms with Crippen LogP contribution in [0, 0.1) is 0 Å². The lowest BCUT2D eigenvalue weighted by Gasteiger charge is -2.09. The number of carboxylic acids is 1. The minimum absolute atomic E-state index is 0.113. The molecule has 6 nitrogen and oxygen atoms in total. The average molecular weight is 278 g/mol. The molecular weight excluding hydrogens is 260 g/mol. The highest BCUT2D eigenvalue weighted by Crippen LogP contribution is 2.09. The van der Waals surface area contributed by atoms with Gasteiger partial charge in [0.05, 0.1) is 12.7 Å². The van der Waals surface area contributed by atoms with Crippen LogP contribution in [0.3, 0.4) is 0 Å². The van der Waals surface area contributed by atoms with Crippen molar-refractivity contribution in [2.75, 3.05) is 13.2 Å². The summed E-state index contributed by atoms with van der Waals surface area (Å²) in [5.41, 5.74) is 0.833. The van der Waals surface area contributed by atoms with E-state index in [-0.39, 0.29) is 12.0 Å². The second-order valence-electron chi connectivity index (χ2n) is 4.31. The number of aromatic nitrogens is 1. The number of carboxylic acid groups (broad SMARTS) is 1. The number of nitrogens with zero attached hydrogens (tertiary/aromatic N) is 1. The molecule has 0 radical (unpaired) electrons. The molecule has 1 heterocycles. The summed E-state index contributed by atoms with van der Waals surface area (Å²) in [4.78, 5) is 26.4. The summed E-state index contributed by atoms with van der Waals surface area (Å²) in [6.45, 7) is 4.65. The SMILES string of the molecule is CC(C)OCCNC(=O)c1ccncc1/C=C/C(=O)O. The molecule has 0 aliphatic rings. The Balaban J connectivity index is 2.65. The summed E-state index contributed by atoms with van der Waals surface area (Å²) in [6.07, 6.45) is 5.35. The van der Waals surface area contributed by atoms with E-state index in [0.717, 1.165) is 6.08 Å². The van der Waals surface area contributed by atoms with Crippen molar-refractivity contribution in [1.29, 1.82) is 0 Å². The zero-order chi connectivity index (χ0) is 15.0. The first kappa shape index (κ1) is 15.8. The van der Waals surface area contributed by atoms with Crippen LogP contribution in [0.25, 0.3) is 6.08 Å². The van der Waals surface area contributed by atoms with Crippen LogP contribution < -0.4 is 5.32 Å². The fourth-order valence-electron chi connectivity index (χ4n) is 1.46. The van der Waals surface area contributed by atoms with Crippen LogP contribution in [-0.4, -0.2) is 41.2 Å². The maximum absolute atomic E-state index is 12.0. The number of carbonyl (C=O) groups is 2. The van der Waals surface area contributed by atoms with Gasteiger partial charge in [0.25, 0.3) is 5.91 Å². The number of rotatable bonds is 7. The van der Waals surface area contributed by atoms with Crippen LogP contribution >= 0.6 is 0 Å². The van der Waals surface area contributed by atoms with Gasteiger partial charge in [0.2, 0.25) is 0 Å². The Morgan fingerprint density at radius 1 is 1.50 bits per heavy atom. The third kappa shape index (κ3) is 5.62. The van der Waals surface area contributed by atoms with Crippen molar-refractivity contribution < 1.29 is 19.4 Å². The quantitative estimate of drug-likeness (QED) is 0.580. The lowest BCUT2D eigenvalue weighted by atomic mass is 10.1. The molecule has 0 fully saturated rings. The molecule has 1 aromatic rings. The van der Waals surface area contributed by atoms with Gasteiger partial charge in [-0.1, -0.05) is 0 Å². The van der Waals surface area contributed by atoms with E-state index in [1.165, 1.54) is 18.5 Å².